The Morgan fingerprint density at radius 2 is 2.06 bits per heavy atom. The molecule has 0 bridgehead atoms. The van der Waals surface area contributed by atoms with E-state index < -0.39 is 0 Å². The van der Waals surface area contributed by atoms with Crippen molar-refractivity contribution in [2.24, 2.45) is 5.41 Å². The zero-order chi connectivity index (χ0) is 12.2. The maximum absolute atomic E-state index is 13.1. The Labute approximate surface area is 110 Å². The highest BCUT2D eigenvalue weighted by Gasteiger charge is 2.15. The molecule has 1 aromatic carbocycles. The van der Waals surface area contributed by atoms with E-state index in [-0.39, 0.29) is 11.2 Å². The minimum absolute atomic E-state index is 0.0616. The molecular weight excluding hydrogens is 292 g/mol. The molecule has 0 amide bonds. The summed E-state index contributed by atoms with van der Waals surface area (Å²) in [6.45, 7) is 5.64. The molecule has 0 saturated heterocycles. The number of halogens is 3. The number of hydrogen-bond acceptors (Lipinski definition) is 1. The summed E-state index contributed by atoms with van der Waals surface area (Å²) in [5.74, 6) is 0.384. The van der Waals surface area contributed by atoms with Crippen LogP contribution in [0.25, 0.3) is 0 Å². The van der Waals surface area contributed by atoms with E-state index in [2.05, 4.69) is 35.1 Å². The highest BCUT2D eigenvalue weighted by molar-refractivity contribution is 9.10. The predicted molar refractivity (Wildman–Crippen MR) is 70.3 cm³/mol. The van der Waals surface area contributed by atoms with E-state index in [1.165, 1.54) is 12.1 Å². The molecule has 0 saturated carbocycles. The quantitative estimate of drug-likeness (QED) is 0.812. The molecule has 0 heterocycles. The molecule has 16 heavy (non-hydrogen) atoms. The first kappa shape index (κ1) is 13.9. The summed E-state index contributed by atoms with van der Waals surface area (Å²) in [7, 11) is 0. The van der Waals surface area contributed by atoms with Crippen molar-refractivity contribution in [3.63, 3.8) is 0 Å². The number of benzene rings is 1. The lowest BCUT2D eigenvalue weighted by atomic mass is 9.96. The summed E-state index contributed by atoms with van der Waals surface area (Å²) in [6.07, 6.45) is 0. The van der Waals surface area contributed by atoms with Crippen LogP contribution in [0, 0.1) is 11.2 Å². The lowest BCUT2D eigenvalue weighted by Crippen LogP contribution is -2.30. The van der Waals surface area contributed by atoms with Crippen molar-refractivity contribution in [2.75, 3.05) is 12.4 Å². The van der Waals surface area contributed by atoms with Gasteiger partial charge in [-0.05, 0) is 29.2 Å². The highest BCUT2D eigenvalue weighted by Crippen LogP contribution is 2.17. The molecule has 0 atom stereocenters. The Balaban J connectivity index is 2.49. The van der Waals surface area contributed by atoms with Gasteiger partial charge < -0.3 is 5.32 Å². The molecule has 0 aliphatic carbocycles. The fraction of sp³-hybridized carbons (Fsp3) is 0.500. The van der Waals surface area contributed by atoms with E-state index in [1.54, 1.807) is 0 Å². The Kier molecular flexibility index (Phi) is 5.22. The molecular formula is C12H16BrClFN. The topological polar surface area (TPSA) is 12.0 Å². The van der Waals surface area contributed by atoms with E-state index >= 15 is 0 Å². The molecule has 0 aliphatic rings. The summed E-state index contributed by atoms with van der Waals surface area (Å²) in [6, 6.07) is 4.89. The normalized spacial score (nSPS) is 11.8. The van der Waals surface area contributed by atoms with Crippen molar-refractivity contribution in [3.05, 3.63) is 34.1 Å². The van der Waals surface area contributed by atoms with Gasteiger partial charge in [-0.25, -0.2) is 4.39 Å². The molecule has 0 fully saturated rings. The standard InChI is InChI=1S/C12H16BrClFN/c1-12(2,7-14)8-16-6-9-3-10(13)5-11(15)4-9/h3-5,16H,6-8H2,1-2H3. The largest absolute Gasteiger partial charge is 0.312 e. The van der Waals surface area contributed by atoms with Crippen LogP contribution >= 0.6 is 27.5 Å². The number of alkyl halides is 1. The zero-order valence-corrected chi connectivity index (χ0v) is 11.8. The van der Waals surface area contributed by atoms with Crippen LogP contribution in [0.4, 0.5) is 4.39 Å². The van der Waals surface area contributed by atoms with Crippen LogP contribution in [0.3, 0.4) is 0 Å². The summed E-state index contributed by atoms with van der Waals surface area (Å²) >= 11 is 9.09. The summed E-state index contributed by atoms with van der Waals surface area (Å²) in [5.41, 5.74) is 0.990. The molecule has 0 spiro atoms. The zero-order valence-electron chi connectivity index (χ0n) is 9.49. The molecule has 4 heteroatoms. The Morgan fingerprint density at radius 3 is 2.62 bits per heavy atom. The molecule has 0 aliphatic heterocycles. The maximum atomic E-state index is 13.1. The van der Waals surface area contributed by atoms with E-state index in [4.69, 9.17) is 11.6 Å². The van der Waals surface area contributed by atoms with E-state index in [1.807, 2.05) is 6.07 Å². The van der Waals surface area contributed by atoms with Gasteiger partial charge in [0.15, 0.2) is 0 Å². The molecule has 0 aromatic heterocycles. The van der Waals surface area contributed by atoms with Gasteiger partial charge in [0, 0.05) is 23.4 Å². The van der Waals surface area contributed by atoms with Gasteiger partial charge in [-0.2, -0.15) is 0 Å². The van der Waals surface area contributed by atoms with E-state index in [0.717, 1.165) is 16.6 Å². The maximum Gasteiger partial charge on any atom is 0.124 e. The second kappa shape index (κ2) is 5.99. The SMILES string of the molecule is CC(C)(CCl)CNCc1cc(F)cc(Br)c1. The first-order valence-corrected chi connectivity index (χ1v) is 6.47. The lowest BCUT2D eigenvalue weighted by molar-refractivity contribution is 0.385. The fourth-order valence-electron chi connectivity index (χ4n) is 1.31. The molecule has 90 valence electrons. The van der Waals surface area contributed by atoms with E-state index in [9.17, 15) is 4.39 Å². The van der Waals surface area contributed by atoms with Gasteiger partial charge in [0.1, 0.15) is 5.82 Å². The Hall–Kier alpha value is -0.120. The van der Waals surface area contributed by atoms with Crippen molar-refractivity contribution in [2.45, 2.75) is 20.4 Å². The van der Waals surface area contributed by atoms with Crippen LogP contribution in [-0.4, -0.2) is 12.4 Å². The summed E-state index contributed by atoms with van der Waals surface area (Å²) < 4.78 is 13.8. The summed E-state index contributed by atoms with van der Waals surface area (Å²) in [4.78, 5) is 0. The summed E-state index contributed by atoms with van der Waals surface area (Å²) in [5, 5.41) is 3.28. The monoisotopic (exact) mass is 307 g/mol. The predicted octanol–water partition coefficient (Wildman–Crippen LogP) is 3.94. The van der Waals surface area contributed by atoms with Crippen LogP contribution in [0.2, 0.25) is 0 Å². The van der Waals surface area contributed by atoms with Gasteiger partial charge in [-0.15, -0.1) is 11.6 Å². The Morgan fingerprint density at radius 1 is 1.38 bits per heavy atom. The number of hydrogen-bond donors (Lipinski definition) is 1. The molecule has 0 unspecified atom stereocenters. The van der Waals surface area contributed by atoms with E-state index in [0.29, 0.717) is 12.4 Å². The van der Waals surface area contributed by atoms with Crippen molar-refractivity contribution >= 4 is 27.5 Å². The van der Waals surface area contributed by atoms with Crippen LogP contribution < -0.4 is 5.32 Å². The van der Waals surface area contributed by atoms with Crippen molar-refractivity contribution < 1.29 is 4.39 Å². The molecule has 1 aromatic rings. The molecule has 1 N–H and O–H groups in total. The van der Waals surface area contributed by atoms with Gasteiger partial charge >= 0.3 is 0 Å². The number of rotatable bonds is 5. The number of nitrogens with one attached hydrogen (secondary N) is 1. The molecule has 1 rings (SSSR count). The second-order valence-corrected chi connectivity index (χ2v) is 5.86. The highest BCUT2D eigenvalue weighted by atomic mass is 79.9. The van der Waals surface area contributed by atoms with Crippen LogP contribution in [0.15, 0.2) is 22.7 Å². The second-order valence-electron chi connectivity index (χ2n) is 4.68. The molecule has 0 radical (unpaired) electrons. The lowest BCUT2D eigenvalue weighted by Gasteiger charge is -2.21. The van der Waals surface area contributed by atoms with Crippen molar-refractivity contribution in [3.8, 4) is 0 Å². The van der Waals surface area contributed by atoms with Crippen LogP contribution in [0.1, 0.15) is 19.4 Å². The minimum atomic E-state index is -0.220. The average Bonchev–Trinajstić information content (AvgIpc) is 2.16. The Bertz CT molecular complexity index is 335. The third kappa shape index (κ3) is 4.81. The van der Waals surface area contributed by atoms with Crippen molar-refractivity contribution in [1.82, 2.24) is 5.32 Å². The smallest absolute Gasteiger partial charge is 0.124 e. The average molecular weight is 309 g/mol. The van der Waals surface area contributed by atoms with Gasteiger partial charge in [0.2, 0.25) is 0 Å². The molecule has 1 nitrogen and oxygen atoms in total. The minimum Gasteiger partial charge on any atom is -0.312 e. The van der Waals surface area contributed by atoms with Gasteiger partial charge in [0.05, 0.1) is 0 Å². The van der Waals surface area contributed by atoms with Crippen molar-refractivity contribution in [1.29, 1.82) is 0 Å². The first-order chi connectivity index (χ1) is 7.43. The first-order valence-electron chi connectivity index (χ1n) is 5.15. The van der Waals surface area contributed by atoms with Crippen LogP contribution in [-0.2, 0) is 6.54 Å². The van der Waals surface area contributed by atoms with Gasteiger partial charge in [-0.1, -0.05) is 29.8 Å². The van der Waals surface area contributed by atoms with Gasteiger partial charge in [0.25, 0.3) is 0 Å². The third-order valence-electron chi connectivity index (χ3n) is 2.22. The third-order valence-corrected chi connectivity index (χ3v) is 3.40. The van der Waals surface area contributed by atoms with Gasteiger partial charge in [-0.3, -0.25) is 0 Å². The van der Waals surface area contributed by atoms with Crippen LogP contribution in [0.5, 0.6) is 0 Å². The fourth-order valence-corrected chi connectivity index (χ4v) is 1.91.